The highest BCUT2D eigenvalue weighted by atomic mass is 16.5. The molecule has 0 aliphatic carbocycles. The van der Waals surface area contributed by atoms with Gasteiger partial charge in [-0.05, 0) is 32.1 Å². The molecule has 26 heavy (non-hydrogen) atoms. The number of ether oxygens (including phenoxy) is 2. The van der Waals surface area contributed by atoms with Crippen LogP contribution < -0.4 is 16.0 Å². The minimum Gasteiger partial charge on any atom is -0.383 e. The Bertz CT molecular complexity index is 433. The molecular weight excluding hydrogens is 334 g/mol. The number of likely N-dealkylation sites (tertiary alicyclic amines) is 1. The van der Waals surface area contributed by atoms with E-state index in [9.17, 15) is 4.79 Å². The minimum atomic E-state index is -0.0899. The summed E-state index contributed by atoms with van der Waals surface area (Å²) in [5.41, 5.74) is 0. The molecule has 2 aliphatic heterocycles. The van der Waals surface area contributed by atoms with Gasteiger partial charge < -0.3 is 30.3 Å². The summed E-state index contributed by atoms with van der Waals surface area (Å²) in [6, 6.07) is 0.403. The molecule has 2 fully saturated rings. The largest absolute Gasteiger partial charge is 0.383 e. The molecule has 8 nitrogen and oxygen atoms in total. The predicted octanol–water partition coefficient (Wildman–Crippen LogP) is -0.195. The molecule has 0 saturated carbocycles. The van der Waals surface area contributed by atoms with Crippen LogP contribution in [0.1, 0.15) is 26.2 Å². The van der Waals surface area contributed by atoms with E-state index in [0.29, 0.717) is 25.1 Å². The van der Waals surface area contributed by atoms with E-state index in [2.05, 4.69) is 25.8 Å². The first kappa shape index (κ1) is 20.9. The lowest BCUT2D eigenvalue weighted by Crippen LogP contribution is -2.49. The Morgan fingerprint density at radius 2 is 2.08 bits per heavy atom. The number of amides is 1. The Balaban J connectivity index is 1.69. The number of methoxy groups -OCH3 is 1. The molecule has 2 saturated heterocycles. The highest BCUT2D eigenvalue weighted by molar-refractivity contribution is 5.85. The van der Waals surface area contributed by atoms with E-state index in [1.54, 1.807) is 7.11 Å². The Kier molecular flexibility index (Phi) is 9.73. The number of guanidine groups is 1. The zero-order valence-corrected chi connectivity index (χ0v) is 16.3. The summed E-state index contributed by atoms with van der Waals surface area (Å²) in [6.07, 6.45) is 3.39. The van der Waals surface area contributed by atoms with Gasteiger partial charge in [-0.3, -0.25) is 4.79 Å². The average molecular weight is 370 g/mol. The van der Waals surface area contributed by atoms with E-state index in [4.69, 9.17) is 9.47 Å². The number of piperidine rings is 1. The maximum absolute atomic E-state index is 11.8. The van der Waals surface area contributed by atoms with Crippen molar-refractivity contribution in [3.05, 3.63) is 0 Å². The van der Waals surface area contributed by atoms with Crippen LogP contribution in [0, 0.1) is 5.92 Å². The first-order chi connectivity index (χ1) is 12.7. The number of nitrogens with one attached hydrogen (secondary N) is 3. The van der Waals surface area contributed by atoms with Crippen LogP contribution in [0.15, 0.2) is 4.99 Å². The van der Waals surface area contributed by atoms with Crippen molar-refractivity contribution in [3.63, 3.8) is 0 Å². The van der Waals surface area contributed by atoms with Gasteiger partial charge in [0.25, 0.3) is 0 Å². The number of rotatable bonds is 9. The molecular formula is C18H35N5O3. The van der Waals surface area contributed by atoms with Crippen molar-refractivity contribution in [1.82, 2.24) is 20.9 Å². The zero-order chi connectivity index (χ0) is 18.6. The van der Waals surface area contributed by atoms with Crippen LogP contribution in [0.3, 0.4) is 0 Å². The van der Waals surface area contributed by atoms with E-state index in [0.717, 1.165) is 58.2 Å². The Labute approximate surface area is 157 Å². The standard InChI is InChI=1S/C18H35N5O3/c1-3-19-18(21-12-17(24)20-7-11-25-2)22-16-4-8-23(9-5-16)13-15-6-10-26-14-15/h15-16H,3-14H2,1-2H3,(H,20,24)(H2,19,21,22). The minimum absolute atomic E-state index is 0.0899. The zero-order valence-electron chi connectivity index (χ0n) is 16.3. The molecule has 2 aliphatic rings. The van der Waals surface area contributed by atoms with Crippen LogP contribution >= 0.6 is 0 Å². The van der Waals surface area contributed by atoms with E-state index in [1.165, 1.54) is 6.42 Å². The monoisotopic (exact) mass is 369 g/mol. The summed E-state index contributed by atoms with van der Waals surface area (Å²) >= 11 is 0. The van der Waals surface area contributed by atoms with Crippen LogP contribution in [0.4, 0.5) is 0 Å². The Morgan fingerprint density at radius 1 is 1.27 bits per heavy atom. The van der Waals surface area contributed by atoms with E-state index in [-0.39, 0.29) is 12.5 Å². The lowest BCUT2D eigenvalue weighted by molar-refractivity contribution is -0.119. The smallest absolute Gasteiger partial charge is 0.241 e. The number of hydrogen-bond acceptors (Lipinski definition) is 5. The van der Waals surface area contributed by atoms with Gasteiger partial charge in [-0.2, -0.15) is 0 Å². The van der Waals surface area contributed by atoms with Crippen molar-refractivity contribution in [1.29, 1.82) is 0 Å². The SMILES string of the molecule is CCNC(=NCC(=O)NCCOC)NC1CCN(CC2CCOC2)CC1. The third-order valence-corrected chi connectivity index (χ3v) is 4.82. The molecule has 1 unspecified atom stereocenters. The molecule has 3 N–H and O–H groups in total. The molecule has 0 bridgehead atoms. The lowest BCUT2D eigenvalue weighted by atomic mass is 10.0. The van der Waals surface area contributed by atoms with Gasteiger partial charge in [0.2, 0.25) is 5.91 Å². The summed E-state index contributed by atoms with van der Waals surface area (Å²) in [6.45, 7) is 9.16. The molecule has 1 atom stereocenters. The van der Waals surface area contributed by atoms with Gasteiger partial charge in [-0.15, -0.1) is 0 Å². The average Bonchev–Trinajstić information content (AvgIpc) is 3.15. The van der Waals surface area contributed by atoms with Gasteiger partial charge in [0.1, 0.15) is 6.54 Å². The van der Waals surface area contributed by atoms with Crippen molar-refractivity contribution in [2.24, 2.45) is 10.9 Å². The third kappa shape index (κ3) is 7.88. The van der Waals surface area contributed by atoms with E-state index < -0.39 is 0 Å². The van der Waals surface area contributed by atoms with Gasteiger partial charge in [-0.1, -0.05) is 0 Å². The van der Waals surface area contributed by atoms with E-state index >= 15 is 0 Å². The van der Waals surface area contributed by atoms with Gasteiger partial charge in [0.15, 0.2) is 5.96 Å². The predicted molar refractivity (Wildman–Crippen MR) is 102 cm³/mol. The number of hydrogen-bond donors (Lipinski definition) is 3. The first-order valence-corrected chi connectivity index (χ1v) is 9.81. The molecule has 150 valence electrons. The fraction of sp³-hybridized carbons (Fsp3) is 0.889. The van der Waals surface area contributed by atoms with Crippen molar-refractivity contribution in [2.75, 3.05) is 66.2 Å². The summed E-state index contributed by atoms with van der Waals surface area (Å²) in [4.78, 5) is 18.7. The highest BCUT2D eigenvalue weighted by Gasteiger charge is 2.24. The number of nitrogens with zero attached hydrogens (tertiary/aromatic N) is 2. The number of carbonyl (C=O) groups is 1. The van der Waals surface area contributed by atoms with Crippen LogP contribution in [0.25, 0.3) is 0 Å². The summed E-state index contributed by atoms with van der Waals surface area (Å²) in [5.74, 6) is 1.33. The number of aliphatic imine (C=N–C) groups is 1. The summed E-state index contributed by atoms with van der Waals surface area (Å²) < 4.78 is 10.4. The fourth-order valence-corrected chi connectivity index (χ4v) is 3.36. The molecule has 0 aromatic rings. The second kappa shape index (κ2) is 12.1. The van der Waals surface area contributed by atoms with Crippen molar-refractivity contribution in [3.8, 4) is 0 Å². The van der Waals surface area contributed by atoms with Crippen LogP contribution in [0.2, 0.25) is 0 Å². The van der Waals surface area contributed by atoms with Gasteiger partial charge in [-0.25, -0.2) is 4.99 Å². The van der Waals surface area contributed by atoms with Gasteiger partial charge in [0, 0.05) is 52.5 Å². The summed E-state index contributed by atoms with van der Waals surface area (Å²) in [7, 11) is 1.62. The van der Waals surface area contributed by atoms with Crippen molar-refractivity contribution in [2.45, 2.75) is 32.2 Å². The highest BCUT2D eigenvalue weighted by Crippen LogP contribution is 2.17. The van der Waals surface area contributed by atoms with Gasteiger partial charge >= 0.3 is 0 Å². The molecule has 2 rings (SSSR count). The molecule has 0 spiro atoms. The molecule has 0 aromatic carbocycles. The quantitative estimate of drug-likeness (QED) is 0.297. The normalized spacial score (nSPS) is 22.4. The first-order valence-electron chi connectivity index (χ1n) is 9.81. The second-order valence-electron chi connectivity index (χ2n) is 6.99. The second-order valence-corrected chi connectivity index (χ2v) is 6.99. The lowest BCUT2D eigenvalue weighted by Gasteiger charge is -2.34. The topological polar surface area (TPSA) is 87.2 Å². The maximum atomic E-state index is 11.8. The molecule has 8 heteroatoms. The Hall–Kier alpha value is -1.38. The fourth-order valence-electron chi connectivity index (χ4n) is 3.36. The molecule has 0 aromatic heterocycles. The van der Waals surface area contributed by atoms with E-state index in [1.807, 2.05) is 6.92 Å². The van der Waals surface area contributed by atoms with Gasteiger partial charge in [0.05, 0.1) is 13.2 Å². The maximum Gasteiger partial charge on any atom is 0.241 e. The van der Waals surface area contributed by atoms with Crippen LogP contribution in [-0.4, -0.2) is 89.0 Å². The number of carbonyl (C=O) groups excluding carboxylic acids is 1. The molecule has 0 radical (unpaired) electrons. The van der Waals surface area contributed by atoms with Crippen LogP contribution in [0.5, 0.6) is 0 Å². The third-order valence-electron chi connectivity index (χ3n) is 4.82. The molecule has 1 amide bonds. The molecule has 2 heterocycles. The summed E-state index contributed by atoms with van der Waals surface area (Å²) in [5, 5.41) is 9.48. The Morgan fingerprint density at radius 3 is 2.73 bits per heavy atom. The van der Waals surface area contributed by atoms with Crippen molar-refractivity contribution >= 4 is 11.9 Å². The van der Waals surface area contributed by atoms with Crippen LogP contribution in [-0.2, 0) is 14.3 Å². The van der Waals surface area contributed by atoms with Crippen molar-refractivity contribution < 1.29 is 14.3 Å².